The Labute approximate surface area is 96.8 Å². The molecule has 0 aliphatic heterocycles. The number of hydrogen-bond acceptors (Lipinski definition) is 3. The molecule has 1 rings (SSSR count). The second-order valence-corrected chi connectivity index (χ2v) is 4.65. The van der Waals surface area contributed by atoms with E-state index in [4.69, 9.17) is 5.73 Å². The minimum atomic E-state index is -0.312. The van der Waals surface area contributed by atoms with Gasteiger partial charge in [0.05, 0.1) is 6.04 Å². The first-order valence-electron chi connectivity index (χ1n) is 5.76. The van der Waals surface area contributed by atoms with Gasteiger partial charge >= 0.3 is 0 Å². The zero-order valence-electron chi connectivity index (χ0n) is 10.3. The molecular formula is C12H21N3O. The van der Waals surface area contributed by atoms with Gasteiger partial charge in [0.1, 0.15) is 5.78 Å². The number of carbonyl (C=O) groups excluding carboxylic acids is 1. The molecule has 0 radical (unpaired) electrons. The van der Waals surface area contributed by atoms with E-state index in [1.807, 2.05) is 13.1 Å². The Balaban J connectivity index is 2.38. The Morgan fingerprint density at radius 1 is 1.56 bits per heavy atom. The van der Waals surface area contributed by atoms with Gasteiger partial charge in [0.2, 0.25) is 0 Å². The lowest BCUT2D eigenvalue weighted by molar-refractivity contribution is -0.120. The van der Waals surface area contributed by atoms with Gasteiger partial charge in [0, 0.05) is 25.4 Å². The molecule has 4 heteroatoms. The van der Waals surface area contributed by atoms with E-state index in [0.29, 0.717) is 12.3 Å². The fraction of sp³-hybridized carbons (Fsp3) is 0.667. The monoisotopic (exact) mass is 223 g/mol. The summed E-state index contributed by atoms with van der Waals surface area (Å²) in [5, 5.41) is 4.06. The van der Waals surface area contributed by atoms with Gasteiger partial charge in [0.25, 0.3) is 0 Å². The van der Waals surface area contributed by atoms with Gasteiger partial charge in [-0.3, -0.25) is 9.48 Å². The van der Waals surface area contributed by atoms with Crippen molar-refractivity contribution < 1.29 is 4.79 Å². The van der Waals surface area contributed by atoms with Crippen molar-refractivity contribution in [3.8, 4) is 0 Å². The highest BCUT2D eigenvalue weighted by Gasteiger charge is 2.15. The van der Waals surface area contributed by atoms with Crippen LogP contribution < -0.4 is 5.73 Å². The zero-order chi connectivity index (χ0) is 12.1. The Hall–Kier alpha value is -1.16. The van der Waals surface area contributed by atoms with Gasteiger partial charge in [-0.15, -0.1) is 0 Å². The van der Waals surface area contributed by atoms with E-state index in [0.717, 1.165) is 18.5 Å². The first-order chi connectivity index (χ1) is 7.50. The predicted molar refractivity (Wildman–Crippen MR) is 64.0 cm³/mol. The third-order valence-corrected chi connectivity index (χ3v) is 2.69. The fourth-order valence-corrected chi connectivity index (χ4v) is 1.72. The lowest BCUT2D eigenvalue weighted by Gasteiger charge is -2.12. The van der Waals surface area contributed by atoms with Crippen LogP contribution in [-0.4, -0.2) is 21.6 Å². The molecular weight excluding hydrogens is 202 g/mol. The molecule has 16 heavy (non-hydrogen) atoms. The van der Waals surface area contributed by atoms with E-state index in [1.54, 1.807) is 10.9 Å². The first-order valence-corrected chi connectivity index (χ1v) is 5.76. The number of hydrogen-bond donors (Lipinski definition) is 1. The van der Waals surface area contributed by atoms with Crippen LogP contribution >= 0.6 is 0 Å². The van der Waals surface area contributed by atoms with Crippen molar-refractivity contribution in [3.63, 3.8) is 0 Å². The Kier molecular flexibility index (Phi) is 4.68. The van der Waals surface area contributed by atoms with Crippen molar-refractivity contribution in [2.45, 2.75) is 39.2 Å². The third-order valence-electron chi connectivity index (χ3n) is 2.69. The van der Waals surface area contributed by atoms with Crippen LogP contribution in [0.5, 0.6) is 0 Å². The van der Waals surface area contributed by atoms with E-state index >= 15 is 0 Å². The lowest BCUT2D eigenvalue weighted by atomic mass is 9.98. The molecule has 0 aliphatic carbocycles. The molecule has 2 N–H and O–H groups in total. The van der Waals surface area contributed by atoms with Crippen molar-refractivity contribution in [1.29, 1.82) is 0 Å². The maximum Gasteiger partial charge on any atom is 0.149 e. The summed E-state index contributed by atoms with van der Waals surface area (Å²) >= 11 is 0. The second-order valence-electron chi connectivity index (χ2n) is 4.65. The highest BCUT2D eigenvalue weighted by atomic mass is 16.1. The van der Waals surface area contributed by atoms with Gasteiger partial charge in [-0.05, 0) is 24.8 Å². The Morgan fingerprint density at radius 3 is 2.75 bits per heavy atom. The molecule has 1 aromatic rings. The number of ketones is 1. The number of carbonyl (C=O) groups is 1. The summed E-state index contributed by atoms with van der Waals surface area (Å²) in [5.74, 6) is 0.616. The largest absolute Gasteiger partial charge is 0.322 e. The molecule has 0 bridgehead atoms. The maximum atomic E-state index is 11.7. The molecule has 90 valence electrons. The summed E-state index contributed by atoms with van der Waals surface area (Å²) in [5.41, 5.74) is 6.90. The number of aryl methyl sites for hydroxylation is 2. The average Bonchev–Trinajstić information content (AvgIpc) is 2.59. The molecule has 4 nitrogen and oxygen atoms in total. The normalized spacial score (nSPS) is 13.1. The van der Waals surface area contributed by atoms with E-state index in [9.17, 15) is 4.79 Å². The summed E-state index contributed by atoms with van der Waals surface area (Å²) < 4.78 is 1.79. The average molecular weight is 223 g/mol. The van der Waals surface area contributed by atoms with Gasteiger partial charge < -0.3 is 5.73 Å². The number of rotatable bonds is 6. The molecule has 1 unspecified atom stereocenters. The molecule has 0 aromatic carbocycles. The van der Waals surface area contributed by atoms with E-state index < -0.39 is 0 Å². The van der Waals surface area contributed by atoms with Crippen LogP contribution in [0, 0.1) is 5.92 Å². The van der Waals surface area contributed by atoms with Crippen molar-refractivity contribution in [3.05, 3.63) is 18.0 Å². The second kappa shape index (κ2) is 5.80. The minimum absolute atomic E-state index is 0.148. The smallest absolute Gasteiger partial charge is 0.149 e. The molecule has 1 heterocycles. The topological polar surface area (TPSA) is 60.9 Å². The Morgan fingerprint density at radius 2 is 2.25 bits per heavy atom. The standard InChI is InChI=1S/C12H21N3O/c1-9(2)8-11(13)12(16)5-4-10-6-7-14-15(10)3/h6-7,9,11H,4-5,8,13H2,1-3H3. The summed E-state index contributed by atoms with van der Waals surface area (Å²) in [6.45, 7) is 4.16. The molecule has 0 aliphatic rings. The molecule has 0 fully saturated rings. The summed E-state index contributed by atoms with van der Waals surface area (Å²) in [4.78, 5) is 11.7. The van der Waals surface area contributed by atoms with Crippen LogP contribution in [0.25, 0.3) is 0 Å². The zero-order valence-corrected chi connectivity index (χ0v) is 10.3. The van der Waals surface area contributed by atoms with Crippen LogP contribution in [0.2, 0.25) is 0 Å². The summed E-state index contributed by atoms with van der Waals surface area (Å²) in [6, 6.07) is 1.62. The van der Waals surface area contributed by atoms with Crippen molar-refractivity contribution in [1.82, 2.24) is 9.78 Å². The van der Waals surface area contributed by atoms with E-state index in [2.05, 4.69) is 18.9 Å². The predicted octanol–water partition coefficient (Wildman–Crippen LogP) is 1.30. The van der Waals surface area contributed by atoms with Crippen LogP contribution in [-0.2, 0) is 18.3 Å². The Bertz CT molecular complexity index is 344. The molecule has 0 saturated heterocycles. The highest BCUT2D eigenvalue weighted by molar-refractivity contribution is 5.83. The van der Waals surface area contributed by atoms with Crippen molar-refractivity contribution in [2.24, 2.45) is 18.7 Å². The van der Waals surface area contributed by atoms with E-state index in [-0.39, 0.29) is 11.8 Å². The van der Waals surface area contributed by atoms with Gasteiger partial charge in [-0.2, -0.15) is 5.10 Å². The quantitative estimate of drug-likeness (QED) is 0.790. The molecule has 1 aromatic heterocycles. The highest BCUT2D eigenvalue weighted by Crippen LogP contribution is 2.07. The van der Waals surface area contributed by atoms with Crippen LogP contribution in [0.1, 0.15) is 32.4 Å². The van der Waals surface area contributed by atoms with Crippen LogP contribution in [0.3, 0.4) is 0 Å². The van der Waals surface area contributed by atoms with Crippen molar-refractivity contribution >= 4 is 5.78 Å². The van der Waals surface area contributed by atoms with Gasteiger partial charge in [-0.25, -0.2) is 0 Å². The molecule has 0 saturated carbocycles. The minimum Gasteiger partial charge on any atom is -0.322 e. The molecule has 1 atom stereocenters. The SMILES string of the molecule is CC(C)CC(N)C(=O)CCc1ccnn1C. The third kappa shape index (κ3) is 3.77. The van der Waals surface area contributed by atoms with E-state index in [1.165, 1.54) is 0 Å². The number of Topliss-reactive ketones (excluding diaryl/α,β-unsaturated/α-hetero) is 1. The van der Waals surface area contributed by atoms with Gasteiger partial charge in [-0.1, -0.05) is 13.8 Å². The van der Waals surface area contributed by atoms with Crippen LogP contribution in [0.4, 0.5) is 0 Å². The number of aromatic nitrogens is 2. The first kappa shape index (κ1) is 12.9. The van der Waals surface area contributed by atoms with Crippen molar-refractivity contribution in [2.75, 3.05) is 0 Å². The maximum absolute atomic E-state index is 11.7. The lowest BCUT2D eigenvalue weighted by Crippen LogP contribution is -2.32. The fourth-order valence-electron chi connectivity index (χ4n) is 1.72. The number of nitrogens with zero attached hydrogens (tertiary/aromatic N) is 2. The van der Waals surface area contributed by atoms with Crippen LogP contribution in [0.15, 0.2) is 12.3 Å². The number of nitrogens with two attached hydrogens (primary N) is 1. The molecule has 0 amide bonds. The summed E-state index contributed by atoms with van der Waals surface area (Å²) in [7, 11) is 1.88. The molecule has 0 spiro atoms. The summed E-state index contributed by atoms with van der Waals surface area (Å²) in [6.07, 6.45) is 3.74. The van der Waals surface area contributed by atoms with Gasteiger partial charge in [0.15, 0.2) is 0 Å².